The van der Waals surface area contributed by atoms with E-state index in [-0.39, 0.29) is 6.04 Å². The Kier molecular flexibility index (Phi) is 3.39. The molecule has 1 aromatic carbocycles. The molecule has 0 fully saturated rings. The van der Waals surface area contributed by atoms with Crippen LogP contribution < -0.4 is 10.8 Å². The molecule has 1 unspecified atom stereocenters. The van der Waals surface area contributed by atoms with Crippen molar-refractivity contribution in [1.29, 1.82) is 0 Å². The van der Waals surface area contributed by atoms with Crippen LogP contribution >= 0.6 is 0 Å². The zero-order valence-corrected chi connectivity index (χ0v) is 9.27. The lowest BCUT2D eigenvalue weighted by molar-refractivity contribution is -0.110. The minimum Gasteiger partial charge on any atom is -0.356 e. The molecule has 0 bridgehead atoms. The Morgan fingerprint density at radius 2 is 2.24 bits per heavy atom. The Balaban J connectivity index is 2.22. The molecule has 1 aliphatic rings. The number of benzene rings is 1. The molecule has 5 nitrogen and oxygen atoms in total. The molecule has 0 saturated carbocycles. The van der Waals surface area contributed by atoms with Crippen LogP contribution in [0.3, 0.4) is 0 Å². The third-order valence-corrected chi connectivity index (χ3v) is 3.10. The van der Waals surface area contributed by atoms with Crippen LogP contribution in [0.25, 0.3) is 0 Å². The number of nitrogens with one attached hydrogen (secondary N) is 2. The summed E-state index contributed by atoms with van der Waals surface area (Å²) < 4.78 is 0. The van der Waals surface area contributed by atoms with Crippen LogP contribution in [-0.4, -0.2) is 23.6 Å². The summed E-state index contributed by atoms with van der Waals surface area (Å²) in [4.78, 5) is 21.7. The number of hydroxylamine groups is 1. The van der Waals surface area contributed by atoms with Crippen LogP contribution in [0, 0.1) is 0 Å². The minimum atomic E-state index is -0.515. The summed E-state index contributed by atoms with van der Waals surface area (Å²) >= 11 is 0. The number of aryl methyl sites for hydroxylation is 1. The Morgan fingerprint density at radius 3 is 2.94 bits per heavy atom. The molecule has 1 aromatic rings. The van der Waals surface area contributed by atoms with Crippen LogP contribution in [0.4, 0.5) is 0 Å². The summed E-state index contributed by atoms with van der Waals surface area (Å²) in [7, 11) is 0. The van der Waals surface area contributed by atoms with Gasteiger partial charge in [-0.25, -0.2) is 5.48 Å². The van der Waals surface area contributed by atoms with Crippen molar-refractivity contribution in [2.75, 3.05) is 0 Å². The van der Waals surface area contributed by atoms with Crippen molar-refractivity contribution >= 4 is 12.3 Å². The number of hydrogen-bond acceptors (Lipinski definition) is 3. The number of fused-ring (bicyclic) bond motifs is 1. The number of carbonyl (C=O) groups excluding carboxylic acids is 2. The van der Waals surface area contributed by atoms with E-state index in [2.05, 4.69) is 5.32 Å². The fourth-order valence-corrected chi connectivity index (χ4v) is 2.20. The first kappa shape index (κ1) is 11.6. The van der Waals surface area contributed by atoms with Gasteiger partial charge < -0.3 is 5.32 Å². The van der Waals surface area contributed by atoms with E-state index in [1.165, 1.54) is 5.56 Å². The Bertz CT molecular complexity index is 445. The quantitative estimate of drug-likeness (QED) is 0.402. The van der Waals surface area contributed by atoms with Crippen molar-refractivity contribution in [3.8, 4) is 0 Å². The van der Waals surface area contributed by atoms with Crippen LogP contribution in [0.5, 0.6) is 0 Å². The summed E-state index contributed by atoms with van der Waals surface area (Å²) in [5, 5.41) is 11.3. The molecular weight excluding hydrogens is 220 g/mol. The molecule has 2 amide bonds. The summed E-state index contributed by atoms with van der Waals surface area (Å²) in [6.45, 7) is 0. The number of carbonyl (C=O) groups is 2. The second kappa shape index (κ2) is 4.97. The van der Waals surface area contributed by atoms with Gasteiger partial charge in [0, 0.05) is 11.6 Å². The summed E-state index contributed by atoms with van der Waals surface area (Å²) in [5.74, 6) is -0.515. The highest BCUT2D eigenvalue weighted by Gasteiger charge is 2.19. The third kappa shape index (κ3) is 2.45. The van der Waals surface area contributed by atoms with Gasteiger partial charge in [-0.15, -0.1) is 0 Å². The van der Waals surface area contributed by atoms with Gasteiger partial charge in [0.2, 0.25) is 6.41 Å². The predicted molar refractivity (Wildman–Crippen MR) is 60.7 cm³/mol. The second-order valence-electron chi connectivity index (χ2n) is 4.15. The van der Waals surface area contributed by atoms with Crippen LogP contribution in [0.15, 0.2) is 18.2 Å². The highest BCUT2D eigenvalue weighted by Crippen LogP contribution is 2.22. The maximum Gasteiger partial charge on any atom is 0.274 e. The third-order valence-electron chi connectivity index (χ3n) is 3.10. The smallest absolute Gasteiger partial charge is 0.274 e. The van der Waals surface area contributed by atoms with Crippen molar-refractivity contribution in [2.45, 2.75) is 25.3 Å². The average molecular weight is 234 g/mol. The van der Waals surface area contributed by atoms with Gasteiger partial charge in [-0.05, 0) is 42.5 Å². The molecule has 0 aliphatic heterocycles. The lowest BCUT2D eigenvalue weighted by atomic mass is 9.87. The van der Waals surface area contributed by atoms with Crippen LogP contribution in [0.2, 0.25) is 0 Å². The van der Waals surface area contributed by atoms with Gasteiger partial charge in [-0.2, -0.15) is 0 Å². The van der Waals surface area contributed by atoms with Gasteiger partial charge in [-0.3, -0.25) is 14.8 Å². The molecule has 5 heteroatoms. The van der Waals surface area contributed by atoms with E-state index in [4.69, 9.17) is 5.21 Å². The topological polar surface area (TPSA) is 78.4 Å². The normalized spacial score (nSPS) is 18.1. The lowest BCUT2D eigenvalue weighted by Crippen LogP contribution is -2.33. The molecule has 2 rings (SSSR count). The second-order valence-corrected chi connectivity index (χ2v) is 4.15. The maximum absolute atomic E-state index is 11.3. The standard InChI is InChI=1S/C12H14N2O3/c15-7-13-11-4-3-8-1-2-9(12(16)14-17)5-10(8)6-11/h1-2,5,7,11,17H,3-4,6H2,(H,13,15)(H,14,16). The molecule has 3 N–H and O–H groups in total. The van der Waals surface area contributed by atoms with E-state index in [0.717, 1.165) is 24.8 Å². The van der Waals surface area contributed by atoms with Gasteiger partial charge in [0.1, 0.15) is 0 Å². The molecule has 1 aliphatic carbocycles. The van der Waals surface area contributed by atoms with Crippen LogP contribution in [-0.2, 0) is 17.6 Å². The van der Waals surface area contributed by atoms with E-state index < -0.39 is 5.91 Å². The lowest BCUT2D eigenvalue weighted by Gasteiger charge is -2.24. The molecule has 90 valence electrons. The number of amides is 2. The van der Waals surface area contributed by atoms with Gasteiger partial charge in [0.05, 0.1) is 0 Å². The first-order chi connectivity index (χ1) is 8.24. The molecule has 0 heterocycles. The van der Waals surface area contributed by atoms with Gasteiger partial charge in [0.15, 0.2) is 0 Å². The average Bonchev–Trinajstić information content (AvgIpc) is 2.37. The monoisotopic (exact) mass is 234 g/mol. The first-order valence-corrected chi connectivity index (χ1v) is 5.50. The summed E-state index contributed by atoms with van der Waals surface area (Å²) in [6.07, 6.45) is 3.24. The van der Waals surface area contributed by atoms with E-state index in [0.29, 0.717) is 12.0 Å². The maximum atomic E-state index is 11.3. The fraction of sp³-hybridized carbons (Fsp3) is 0.333. The van der Waals surface area contributed by atoms with Crippen molar-refractivity contribution < 1.29 is 14.8 Å². The number of rotatable bonds is 3. The van der Waals surface area contributed by atoms with Crippen molar-refractivity contribution in [1.82, 2.24) is 10.8 Å². The van der Waals surface area contributed by atoms with Gasteiger partial charge in [-0.1, -0.05) is 6.07 Å². The zero-order chi connectivity index (χ0) is 12.3. The number of hydrogen-bond donors (Lipinski definition) is 3. The van der Waals surface area contributed by atoms with Crippen molar-refractivity contribution in [2.24, 2.45) is 0 Å². The van der Waals surface area contributed by atoms with Gasteiger partial charge >= 0.3 is 0 Å². The SMILES string of the molecule is O=CNC1CCc2ccc(C(=O)NO)cc2C1. The zero-order valence-electron chi connectivity index (χ0n) is 9.27. The molecule has 0 saturated heterocycles. The molecule has 1 atom stereocenters. The van der Waals surface area contributed by atoms with Gasteiger partial charge in [0.25, 0.3) is 5.91 Å². The van der Waals surface area contributed by atoms with E-state index >= 15 is 0 Å². The van der Waals surface area contributed by atoms with E-state index in [1.807, 2.05) is 6.07 Å². The molecule has 17 heavy (non-hydrogen) atoms. The Morgan fingerprint density at radius 1 is 1.41 bits per heavy atom. The fourth-order valence-electron chi connectivity index (χ4n) is 2.20. The summed E-state index contributed by atoms with van der Waals surface area (Å²) in [6, 6.07) is 5.49. The molecule has 0 aromatic heterocycles. The largest absolute Gasteiger partial charge is 0.356 e. The summed E-state index contributed by atoms with van der Waals surface area (Å²) in [5.41, 5.74) is 4.29. The predicted octanol–water partition coefficient (Wildman–Crippen LogP) is 0.409. The van der Waals surface area contributed by atoms with E-state index in [1.54, 1.807) is 17.6 Å². The molecular formula is C12H14N2O3. The Labute approximate surface area is 98.8 Å². The minimum absolute atomic E-state index is 0.132. The highest BCUT2D eigenvalue weighted by atomic mass is 16.5. The van der Waals surface area contributed by atoms with Crippen molar-refractivity contribution in [3.05, 3.63) is 34.9 Å². The van der Waals surface area contributed by atoms with Crippen molar-refractivity contribution in [3.63, 3.8) is 0 Å². The molecule has 0 radical (unpaired) electrons. The van der Waals surface area contributed by atoms with Crippen LogP contribution in [0.1, 0.15) is 27.9 Å². The first-order valence-electron chi connectivity index (χ1n) is 5.50. The van der Waals surface area contributed by atoms with E-state index in [9.17, 15) is 9.59 Å². The Hall–Kier alpha value is -1.88. The highest BCUT2D eigenvalue weighted by molar-refractivity contribution is 5.93. The molecule has 0 spiro atoms.